The standard InChI is InChI=1S/C24H25F3N6O/c1-15-28-10-17-4-5-20(22(23(26)27)33(15)17)34-18-8-24(9-18)12-31(13-24)6-2-3-16-7-21-30-29-14-32(21)11-19(16)25/h4-5,7,10-11,14,18,23H,2-3,6,8-9,12-13H2,1H3. The molecule has 178 valence electrons. The van der Waals surface area contributed by atoms with Crippen LogP contribution >= 0.6 is 0 Å². The molecule has 1 spiro atoms. The van der Waals surface area contributed by atoms with Gasteiger partial charge < -0.3 is 9.64 Å². The first-order chi connectivity index (χ1) is 16.4. The molecule has 4 aromatic heterocycles. The van der Waals surface area contributed by atoms with Crippen LogP contribution in [0.25, 0.3) is 11.2 Å². The van der Waals surface area contributed by atoms with E-state index in [0.29, 0.717) is 29.0 Å². The van der Waals surface area contributed by atoms with Gasteiger partial charge >= 0.3 is 0 Å². The van der Waals surface area contributed by atoms with E-state index in [0.717, 1.165) is 38.9 Å². The Morgan fingerprint density at radius 1 is 1.24 bits per heavy atom. The molecule has 0 unspecified atom stereocenters. The van der Waals surface area contributed by atoms with Crippen LogP contribution < -0.4 is 4.74 Å². The molecule has 6 rings (SSSR count). The summed E-state index contributed by atoms with van der Waals surface area (Å²) in [5.41, 5.74) is 2.04. The number of fused-ring (bicyclic) bond motifs is 2. The third-order valence-electron chi connectivity index (χ3n) is 7.19. The average Bonchev–Trinajstić information content (AvgIpc) is 3.36. The van der Waals surface area contributed by atoms with Gasteiger partial charge in [0.1, 0.15) is 35.5 Å². The molecule has 7 nitrogen and oxygen atoms in total. The van der Waals surface area contributed by atoms with Crippen molar-refractivity contribution in [1.29, 1.82) is 0 Å². The van der Waals surface area contributed by atoms with Crippen molar-refractivity contribution in [2.45, 2.75) is 45.1 Å². The first-order valence-electron chi connectivity index (χ1n) is 11.5. The maximum Gasteiger partial charge on any atom is 0.282 e. The lowest BCUT2D eigenvalue weighted by molar-refractivity contribution is -0.119. The number of aromatic nitrogens is 5. The van der Waals surface area contributed by atoms with Gasteiger partial charge in [-0.1, -0.05) is 0 Å². The van der Waals surface area contributed by atoms with Crippen LogP contribution in [0.5, 0.6) is 5.75 Å². The van der Waals surface area contributed by atoms with Gasteiger partial charge in [0.25, 0.3) is 6.43 Å². The van der Waals surface area contributed by atoms with E-state index in [1.54, 1.807) is 35.7 Å². The van der Waals surface area contributed by atoms with Crippen molar-refractivity contribution in [2.24, 2.45) is 5.41 Å². The summed E-state index contributed by atoms with van der Waals surface area (Å²) in [6.45, 7) is 4.56. The predicted octanol–water partition coefficient (Wildman–Crippen LogP) is 4.24. The molecule has 4 aromatic rings. The van der Waals surface area contributed by atoms with Gasteiger partial charge in [0, 0.05) is 24.7 Å². The van der Waals surface area contributed by atoms with Crippen LogP contribution in [0, 0.1) is 18.2 Å². The van der Waals surface area contributed by atoms with E-state index in [1.807, 2.05) is 0 Å². The number of imidazole rings is 1. The zero-order valence-corrected chi connectivity index (χ0v) is 18.8. The number of hydrogen-bond acceptors (Lipinski definition) is 5. The zero-order chi connectivity index (χ0) is 23.4. The van der Waals surface area contributed by atoms with Gasteiger partial charge in [-0.15, -0.1) is 10.2 Å². The van der Waals surface area contributed by atoms with E-state index >= 15 is 0 Å². The molecule has 0 amide bonds. The molecule has 10 heteroatoms. The normalized spacial score (nSPS) is 18.1. The Morgan fingerprint density at radius 2 is 2.06 bits per heavy atom. The Labute approximate surface area is 194 Å². The lowest BCUT2D eigenvalue weighted by Crippen LogP contribution is -2.64. The molecule has 1 aliphatic carbocycles. The molecule has 34 heavy (non-hydrogen) atoms. The van der Waals surface area contributed by atoms with Crippen molar-refractivity contribution in [1.82, 2.24) is 28.9 Å². The smallest absolute Gasteiger partial charge is 0.282 e. The summed E-state index contributed by atoms with van der Waals surface area (Å²) >= 11 is 0. The van der Waals surface area contributed by atoms with Crippen molar-refractivity contribution in [2.75, 3.05) is 19.6 Å². The number of hydrogen-bond donors (Lipinski definition) is 0. The third kappa shape index (κ3) is 3.60. The summed E-state index contributed by atoms with van der Waals surface area (Å²) in [6.07, 6.45) is 5.05. The number of nitrogens with zero attached hydrogens (tertiary/aromatic N) is 6. The number of rotatable bonds is 7. The lowest BCUT2D eigenvalue weighted by Gasteiger charge is -2.58. The van der Waals surface area contributed by atoms with Crippen molar-refractivity contribution in [3.8, 4) is 5.75 Å². The van der Waals surface area contributed by atoms with Crippen molar-refractivity contribution in [3.05, 3.63) is 59.8 Å². The highest BCUT2D eigenvalue weighted by atomic mass is 19.3. The van der Waals surface area contributed by atoms with Crippen molar-refractivity contribution < 1.29 is 17.9 Å². The van der Waals surface area contributed by atoms with Gasteiger partial charge in [0.2, 0.25) is 0 Å². The van der Waals surface area contributed by atoms with Crippen LogP contribution in [0.15, 0.2) is 36.9 Å². The van der Waals surface area contributed by atoms with Crippen LogP contribution in [-0.2, 0) is 6.42 Å². The second kappa shape index (κ2) is 7.97. The van der Waals surface area contributed by atoms with Gasteiger partial charge in [-0.3, -0.25) is 8.80 Å². The Hall–Kier alpha value is -3.14. The minimum absolute atomic E-state index is 0.0510. The minimum atomic E-state index is -2.64. The molecular formula is C24H25F3N6O. The largest absolute Gasteiger partial charge is 0.488 e. The van der Waals surface area contributed by atoms with E-state index in [9.17, 15) is 13.2 Å². The number of aryl methyl sites for hydroxylation is 2. The first-order valence-corrected chi connectivity index (χ1v) is 11.5. The Kier molecular flexibility index (Phi) is 5.02. The monoisotopic (exact) mass is 470 g/mol. The SMILES string of the molecule is Cc1ncc2ccc(OC3CC4(C3)CN(CCCc3cc5nncn5cc3F)C4)c(C(F)F)n12. The first kappa shape index (κ1) is 21.4. The van der Waals surface area contributed by atoms with E-state index < -0.39 is 6.43 Å². The quantitative estimate of drug-likeness (QED) is 0.405. The molecule has 0 aromatic carbocycles. The van der Waals surface area contributed by atoms with Gasteiger partial charge in [-0.2, -0.15) is 0 Å². The molecule has 0 atom stereocenters. The van der Waals surface area contributed by atoms with Gasteiger partial charge in [0.05, 0.1) is 11.7 Å². The van der Waals surface area contributed by atoms with Crippen molar-refractivity contribution in [3.63, 3.8) is 0 Å². The molecule has 2 fully saturated rings. The molecule has 1 saturated carbocycles. The van der Waals surface area contributed by atoms with Gasteiger partial charge in [-0.05, 0) is 62.9 Å². The van der Waals surface area contributed by atoms with Crippen molar-refractivity contribution >= 4 is 11.2 Å². The molecule has 1 aliphatic heterocycles. The number of likely N-dealkylation sites (tertiary alicyclic amines) is 1. The average molecular weight is 470 g/mol. The van der Waals surface area contributed by atoms with E-state index in [4.69, 9.17) is 4.74 Å². The number of ether oxygens (including phenoxy) is 1. The second-order valence-electron chi connectivity index (χ2n) is 9.65. The van der Waals surface area contributed by atoms with E-state index in [2.05, 4.69) is 20.1 Å². The second-order valence-corrected chi connectivity index (χ2v) is 9.65. The number of halogens is 3. The Bertz CT molecular complexity index is 1350. The third-order valence-corrected chi connectivity index (χ3v) is 7.19. The highest BCUT2D eigenvalue weighted by molar-refractivity contribution is 5.52. The number of pyridine rings is 2. The Morgan fingerprint density at radius 3 is 2.85 bits per heavy atom. The molecule has 1 saturated heterocycles. The van der Waals surface area contributed by atoms with Crippen LogP contribution in [-0.4, -0.2) is 54.6 Å². The molecule has 0 N–H and O–H groups in total. The van der Waals surface area contributed by atoms with Crippen LogP contribution in [0.1, 0.15) is 42.8 Å². The summed E-state index contributed by atoms with van der Waals surface area (Å²) in [6, 6.07) is 5.15. The summed E-state index contributed by atoms with van der Waals surface area (Å²) in [5.74, 6) is 0.529. The lowest BCUT2D eigenvalue weighted by atomic mass is 9.61. The van der Waals surface area contributed by atoms with Crippen LogP contribution in [0.4, 0.5) is 13.2 Å². The Balaban J connectivity index is 1.01. The molecule has 5 heterocycles. The fraction of sp³-hybridized carbons (Fsp3) is 0.458. The van der Waals surface area contributed by atoms with E-state index in [1.165, 1.54) is 16.9 Å². The summed E-state index contributed by atoms with van der Waals surface area (Å²) in [7, 11) is 0. The fourth-order valence-corrected chi connectivity index (χ4v) is 5.61. The van der Waals surface area contributed by atoms with Crippen LogP contribution in [0.3, 0.4) is 0 Å². The summed E-state index contributed by atoms with van der Waals surface area (Å²) < 4.78 is 51.0. The summed E-state index contributed by atoms with van der Waals surface area (Å²) in [5, 5.41) is 7.77. The maximum absolute atomic E-state index is 14.2. The highest BCUT2D eigenvalue weighted by Gasteiger charge is 2.53. The maximum atomic E-state index is 14.2. The predicted molar refractivity (Wildman–Crippen MR) is 119 cm³/mol. The molecule has 0 bridgehead atoms. The minimum Gasteiger partial charge on any atom is -0.488 e. The summed E-state index contributed by atoms with van der Waals surface area (Å²) in [4.78, 5) is 6.52. The highest BCUT2D eigenvalue weighted by Crippen LogP contribution is 2.50. The zero-order valence-electron chi connectivity index (χ0n) is 18.8. The van der Waals surface area contributed by atoms with E-state index in [-0.39, 0.29) is 28.8 Å². The fourth-order valence-electron chi connectivity index (χ4n) is 5.61. The number of alkyl halides is 2. The molecule has 0 radical (unpaired) electrons. The van der Waals surface area contributed by atoms with Gasteiger partial charge in [-0.25, -0.2) is 18.2 Å². The molecule has 2 aliphatic rings. The van der Waals surface area contributed by atoms with Crippen LogP contribution in [0.2, 0.25) is 0 Å². The topological polar surface area (TPSA) is 60.0 Å². The molecular weight excluding hydrogens is 445 g/mol. The van der Waals surface area contributed by atoms with Gasteiger partial charge in [0.15, 0.2) is 5.65 Å².